The van der Waals surface area contributed by atoms with Gasteiger partial charge in [0.1, 0.15) is 10.7 Å². The van der Waals surface area contributed by atoms with Crippen LogP contribution < -0.4 is 10.5 Å². The van der Waals surface area contributed by atoms with Crippen molar-refractivity contribution in [3.63, 3.8) is 0 Å². The van der Waals surface area contributed by atoms with Gasteiger partial charge in [0.15, 0.2) is 5.58 Å². The number of halogens is 3. The van der Waals surface area contributed by atoms with Crippen LogP contribution in [-0.2, 0) is 17.1 Å². The van der Waals surface area contributed by atoms with Gasteiger partial charge in [-0.1, -0.05) is 23.2 Å². The van der Waals surface area contributed by atoms with E-state index < -0.39 is 21.6 Å². The number of fused-ring (bicyclic) bond motifs is 1. The molecule has 0 aliphatic carbocycles. The molecule has 0 atom stereocenters. The lowest BCUT2D eigenvalue weighted by molar-refractivity contribution is 0.527. The van der Waals surface area contributed by atoms with Crippen molar-refractivity contribution < 1.29 is 17.2 Å². The van der Waals surface area contributed by atoms with E-state index in [0.717, 1.165) is 18.2 Å². The van der Waals surface area contributed by atoms with E-state index in [1.54, 1.807) is 0 Å². The highest BCUT2D eigenvalue weighted by Gasteiger charge is 2.21. The quantitative estimate of drug-likeness (QED) is 0.742. The van der Waals surface area contributed by atoms with Crippen molar-refractivity contribution in [2.45, 2.75) is 4.90 Å². The van der Waals surface area contributed by atoms with Crippen molar-refractivity contribution in [2.75, 3.05) is 4.72 Å². The number of aromatic nitrogens is 1. The molecule has 1 aromatic heterocycles. The number of sulfonamides is 1. The van der Waals surface area contributed by atoms with E-state index in [4.69, 9.17) is 27.6 Å². The number of anilines is 1. The molecule has 0 saturated heterocycles. The molecule has 0 saturated carbocycles. The maximum Gasteiger partial charge on any atom is 0.419 e. The number of hydrogen-bond donors (Lipinski definition) is 1. The molecule has 0 bridgehead atoms. The zero-order chi connectivity index (χ0) is 17.6. The highest BCUT2D eigenvalue weighted by Crippen LogP contribution is 2.29. The molecule has 0 radical (unpaired) electrons. The summed E-state index contributed by atoms with van der Waals surface area (Å²) in [7, 11) is -2.63. The third-order valence-corrected chi connectivity index (χ3v) is 5.44. The summed E-state index contributed by atoms with van der Waals surface area (Å²) in [4.78, 5) is 11.2. The molecule has 0 amide bonds. The molecule has 0 unspecified atom stereocenters. The van der Waals surface area contributed by atoms with Gasteiger partial charge in [-0.3, -0.25) is 9.29 Å². The van der Waals surface area contributed by atoms with Gasteiger partial charge in [0, 0.05) is 13.1 Å². The summed E-state index contributed by atoms with van der Waals surface area (Å²) in [6, 6.07) is 5.83. The Morgan fingerprint density at radius 3 is 2.54 bits per heavy atom. The molecule has 0 aliphatic rings. The number of hydrogen-bond acceptors (Lipinski definition) is 4. The Kier molecular flexibility index (Phi) is 4.06. The second-order valence-electron chi connectivity index (χ2n) is 4.91. The minimum atomic E-state index is -4.10. The van der Waals surface area contributed by atoms with Gasteiger partial charge in [-0.05, 0) is 24.3 Å². The van der Waals surface area contributed by atoms with Crippen LogP contribution in [0.2, 0.25) is 10.0 Å². The van der Waals surface area contributed by atoms with Crippen LogP contribution in [0, 0.1) is 5.82 Å². The molecular formula is C14H9Cl2FN2O4S. The Morgan fingerprint density at radius 1 is 1.17 bits per heavy atom. The van der Waals surface area contributed by atoms with E-state index in [1.807, 2.05) is 0 Å². The van der Waals surface area contributed by atoms with Gasteiger partial charge in [0.05, 0.1) is 21.2 Å². The molecule has 0 fully saturated rings. The lowest BCUT2D eigenvalue weighted by Crippen LogP contribution is -2.13. The average molecular weight is 391 g/mol. The van der Waals surface area contributed by atoms with E-state index in [0.29, 0.717) is 5.52 Å². The van der Waals surface area contributed by atoms with Crippen molar-refractivity contribution in [1.29, 1.82) is 0 Å². The smallest absolute Gasteiger partial charge is 0.408 e. The molecule has 2 aromatic carbocycles. The molecule has 0 aliphatic heterocycles. The Bertz CT molecular complexity index is 1120. The molecule has 10 heteroatoms. The molecule has 0 spiro atoms. The van der Waals surface area contributed by atoms with Crippen LogP contribution in [-0.4, -0.2) is 13.0 Å². The maximum atomic E-state index is 13.2. The van der Waals surface area contributed by atoms with Crippen LogP contribution in [0.5, 0.6) is 0 Å². The second kappa shape index (κ2) is 5.80. The van der Waals surface area contributed by atoms with E-state index >= 15 is 0 Å². The molecule has 1 heterocycles. The molecule has 126 valence electrons. The number of nitrogens with one attached hydrogen (secondary N) is 1. The third-order valence-electron chi connectivity index (χ3n) is 3.31. The topological polar surface area (TPSA) is 81.3 Å². The summed E-state index contributed by atoms with van der Waals surface area (Å²) in [5.41, 5.74) is 0.491. The fraction of sp³-hybridized carbons (Fsp3) is 0.0714. The molecular weight excluding hydrogens is 382 g/mol. The molecule has 3 rings (SSSR count). The van der Waals surface area contributed by atoms with E-state index in [-0.39, 0.29) is 26.2 Å². The molecule has 24 heavy (non-hydrogen) atoms. The molecule has 3 aromatic rings. The Hall–Kier alpha value is -2.03. The van der Waals surface area contributed by atoms with Crippen LogP contribution in [0.15, 0.2) is 44.4 Å². The van der Waals surface area contributed by atoms with E-state index in [1.165, 1.54) is 23.7 Å². The maximum absolute atomic E-state index is 13.2. The highest BCUT2D eigenvalue weighted by atomic mass is 35.5. The van der Waals surface area contributed by atoms with Crippen molar-refractivity contribution in [1.82, 2.24) is 4.57 Å². The van der Waals surface area contributed by atoms with Gasteiger partial charge in [-0.25, -0.2) is 17.6 Å². The SMILES string of the molecule is Cn1c(=O)oc2cc(S(=O)(=O)Nc3ccc(F)c(Cl)c3)c(Cl)cc21. The minimum Gasteiger partial charge on any atom is -0.408 e. The highest BCUT2D eigenvalue weighted by molar-refractivity contribution is 7.92. The Morgan fingerprint density at radius 2 is 1.88 bits per heavy atom. The monoisotopic (exact) mass is 390 g/mol. The van der Waals surface area contributed by atoms with Gasteiger partial charge < -0.3 is 4.42 Å². The van der Waals surface area contributed by atoms with E-state index in [2.05, 4.69) is 4.72 Å². The van der Waals surface area contributed by atoms with Gasteiger partial charge in [0.2, 0.25) is 0 Å². The van der Waals surface area contributed by atoms with Gasteiger partial charge in [-0.15, -0.1) is 0 Å². The fourth-order valence-electron chi connectivity index (χ4n) is 2.10. The van der Waals surface area contributed by atoms with Gasteiger partial charge >= 0.3 is 5.76 Å². The summed E-state index contributed by atoms with van der Waals surface area (Å²) >= 11 is 11.7. The fourth-order valence-corrected chi connectivity index (χ4v) is 3.87. The van der Waals surface area contributed by atoms with Gasteiger partial charge in [0.25, 0.3) is 10.0 Å². The summed E-state index contributed by atoms with van der Waals surface area (Å²) in [5, 5.41) is -0.328. The first-order chi connectivity index (χ1) is 11.2. The standard InChI is InChI=1S/C14H9Cl2FN2O4S/c1-19-11-5-9(16)13(6-12(11)23-14(19)20)24(21,22)18-7-2-3-10(17)8(15)4-7/h2-6,18H,1H3. The summed E-state index contributed by atoms with van der Waals surface area (Å²) in [5.74, 6) is -1.32. The number of nitrogens with zero attached hydrogens (tertiary/aromatic N) is 1. The summed E-state index contributed by atoms with van der Waals surface area (Å²) < 4.78 is 46.5. The lowest BCUT2D eigenvalue weighted by Gasteiger charge is -2.10. The zero-order valence-electron chi connectivity index (χ0n) is 12.0. The zero-order valence-corrected chi connectivity index (χ0v) is 14.3. The van der Waals surface area contributed by atoms with Crippen molar-refractivity contribution in [3.05, 3.63) is 56.7 Å². The number of rotatable bonds is 3. The average Bonchev–Trinajstić information content (AvgIpc) is 2.77. The van der Waals surface area contributed by atoms with Crippen LogP contribution in [0.3, 0.4) is 0 Å². The van der Waals surface area contributed by atoms with Gasteiger partial charge in [-0.2, -0.15) is 0 Å². The van der Waals surface area contributed by atoms with Crippen LogP contribution in [0.4, 0.5) is 10.1 Å². The number of benzene rings is 2. The summed E-state index contributed by atoms with van der Waals surface area (Å²) in [6.07, 6.45) is 0. The predicted molar refractivity (Wildman–Crippen MR) is 88.7 cm³/mol. The van der Waals surface area contributed by atoms with Crippen molar-refractivity contribution in [2.24, 2.45) is 7.05 Å². The second-order valence-corrected chi connectivity index (χ2v) is 7.38. The largest absolute Gasteiger partial charge is 0.419 e. The van der Waals surface area contributed by atoms with Crippen molar-refractivity contribution in [3.8, 4) is 0 Å². The van der Waals surface area contributed by atoms with Crippen molar-refractivity contribution >= 4 is 50.0 Å². The Balaban J connectivity index is 2.09. The first-order valence-corrected chi connectivity index (χ1v) is 8.70. The normalized spacial score (nSPS) is 11.8. The minimum absolute atomic E-state index is 0.0621. The Labute approximate surface area is 145 Å². The number of oxazole rings is 1. The predicted octanol–water partition coefficient (Wildman–Crippen LogP) is 3.38. The lowest BCUT2D eigenvalue weighted by atomic mass is 10.3. The first kappa shape index (κ1) is 16.8. The third kappa shape index (κ3) is 2.88. The first-order valence-electron chi connectivity index (χ1n) is 6.46. The number of aryl methyl sites for hydroxylation is 1. The molecule has 1 N–H and O–H groups in total. The van der Waals surface area contributed by atoms with Crippen LogP contribution in [0.25, 0.3) is 11.1 Å². The van der Waals surface area contributed by atoms with Crippen LogP contribution >= 0.6 is 23.2 Å². The van der Waals surface area contributed by atoms with Crippen LogP contribution in [0.1, 0.15) is 0 Å². The summed E-state index contributed by atoms with van der Waals surface area (Å²) in [6.45, 7) is 0. The van der Waals surface area contributed by atoms with E-state index in [9.17, 15) is 17.6 Å². The molecule has 6 nitrogen and oxygen atoms in total.